The second kappa shape index (κ2) is 8.37. The van der Waals surface area contributed by atoms with Crippen molar-refractivity contribution in [2.24, 2.45) is 22.7 Å². The highest BCUT2D eigenvalue weighted by molar-refractivity contribution is 6.31. The summed E-state index contributed by atoms with van der Waals surface area (Å²) < 4.78 is 11.8. The number of hydrogen-bond acceptors (Lipinski definition) is 5. The van der Waals surface area contributed by atoms with E-state index in [-0.39, 0.29) is 34.6 Å². The number of aliphatic hydroxyl groups excluding tert-OH is 1. The first-order valence-electron chi connectivity index (χ1n) is 12.3. The standard InChI is InChI=1S/C27H36ClNO4/c1-25-11-9-23(30)26(2,16-29-15-17-6-4-5-7-19(17)28)21(25)8-12-27(3)22(25)14-20(33-27)18-10-13-32-24(18)31/h4-7,10,20-23,29-30H,8-9,11-16H2,1-3H3/t20-,21-,22-,23+,25+,26-,27+/m0/s1. The first-order valence-corrected chi connectivity index (χ1v) is 12.7. The summed E-state index contributed by atoms with van der Waals surface area (Å²) in [6.07, 6.45) is 5.96. The first kappa shape index (κ1) is 23.3. The van der Waals surface area contributed by atoms with Crippen LogP contribution in [0.25, 0.3) is 0 Å². The molecule has 1 saturated heterocycles. The number of rotatable bonds is 5. The second-order valence-electron chi connectivity index (χ2n) is 11.3. The van der Waals surface area contributed by atoms with Crippen molar-refractivity contribution in [3.05, 3.63) is 46.5 Å². The molecule has 33 heavy (non-hydrogen) atoms. The highest BCUT2D eigenvalue weighted by Gasteiger charge is 2.65. The van der Waals surface area contributed by atoms with Crippen molar-refractivity contribution in [1.29, 1.82) is 0 Å². The Morgan fingerprint density at radius 3 is 2.67 bits per heavy atom. The molecule has 2 heterocycles. The highest BCUT2D eigenvalue weighted by atomic mass is 35.5. The Morgan fingerprint density at radius 1 is 1.15 bits per heavy atom. The highest BCUT2D eigenvalue weighted by Crippen LogP contribution is 2.66. The normalized spacial score (nSPS) is 42.5. The predicted molar refractivity (Wildman–Crippen MR) is 128 cm³/mol. The van der Waals surface area contributed by atoms with Gasteiger partial charge in [0.25, 0.3) is 0 Å². The molecular weight excluding hydrogens is 438 g/mol. The summed E-state index contributed by atoms with van der Waals surface area (Å²) >= 11 is 6.36. The average molecular weight is 474 g/mol. The number of fused-ring (bicyclic) bond motifs is 3. The van der Waals surface area contributed by atoms with Gasteiger partial charge in [-0.25, -0.2) is 4.79 Å². The Labute approximate surface area is 201 Å². The minimum Gasteiger partial charge on any atom is -0.458 e. The minimum absolute atomic E-state index is 0.0465. The lowest BCUT2D eigenvalue weighted by molar-refractivity contribution is -0.186. The van der Waals surface area contributed by atoms with Crippen LogP contribution < -0.4 is 5.32 Å². The topological polar surface area (TPSA) is 67.8 Å². The molecular formula is C27H36ClNO4. The van der Waals surface area contributed by atoms with E-state index in [9.17, 15) is 9.90 Å². The summed E-state index contributed by atoms with van der Waals surface area (Å²) in [5.41, 5.74) is 1.35. The van der Waals surface area contributed by atoms with Crippen LogP contribution in [-0.2, 0) is 20.8 Å². The number of esters is 1. The van der Waals surface area contributed by atoms with Crippen molar-refractivity contribution in [2.45, 2.75) is 77.2 Å². The van der Waals surface area contributed by atoms with E-state index in [0.717, 1.165) is 49.2 Å². The van der Waals surface area contributed by atoms with Gasteiger partial charge in [-0.2, -0.15) is 0 Å². The van der Waals surface area contributed by atoms with Crippen molar-refractivity contribution in [3.63, 3.8) is 0 Å². The molecule has 2 aliphatic heterocycles. The van der Waals surface area contributed by atoms with Gasteiger partial charge in [-0.05, 0) is 74.0 Å². The zero-order chi connectivity index (χ0) is 23.4. The molecule has 0 aromatic heterocycles. The third kappa shape index (κ3) is 3.76. The van der Waals surface area contributed by atoms with Crippen molar-refractivity contribution >= 4 is 17.6 Å². The molecule has 180 valence electrons. The predicted octanol–water partition coefficient (Wildman–Crippen LogP) is 4.65. The van der Waals surface area contributed by atoms with Crippen LogP contribution in [0.1, 0.15) is 58.4 Å². The molecule has 7 atom stereocenters. The van der Waals surface area contributed by atoms with Gasteiger partial charge in [0.15, 0.2) is 0 Å². The number of ether oxygens (including phenoxy) is 2. The monoisotopic (exact) mass is 473 g/mol. The Bertz CT molecular complexity index is 965. The Balaban J connectivity index is 1.36. The number of hydrogen-bond donors (Lipinski definition) is 2. The smallest absolute Gasteiger partial charge is 0.336 e. The lowest BCUT2D eigenvalue weighted by Gasteiger charge is -2.62. The van der Waals surface area contributed by atoms with Gasteiger partial charge in [0.05, 0.1) is 23.4 Å². The summed E-state index contributed by atoms with van der Waals surface area (Å²) in [7, 11) is 0. The number of benzene rings is 1. The molecule has 5 rings (SSSR count). The van der Waals surface area contributed by atoms with E-state index in [1.807, 2.05) is 30.3 Å². The van der Waals surface area contributed by atoms with Gasteiger partial charge < -0.3 is 19.9 Å². The van der Waals surface area contributed by atoms with Crippen LogP contribution in [0.2, 0.25) is 5.02 Å². The van der Waals surface area contributed by atoms with Gasteiger partial charge in [0.2, 0.25) is 0 Å². The van der Waals surface area contributed by atoms with Crippen molar-refractivity contribution < 1.29 is 19.4 Å². The van der Waals surface area contributed by atoms with E-state index in [4.69, 9.17) is 21.1 Å². The summed E-state index contributed by atoms with van der Waals surface area (Å²) in [5.74, 6) is 0.493. The van der Waals surface area contributed by atoms with Gasteiger partial charge in [-0.15, -0.1) is 0 Å². The van der Waals surface area contributed by atoms with Gasteiger partial charge in [0.1, 0.15) is 6.61 Å². The fraction of sp³-hybridized carbons (Fsp3) is 0.667. The zero-order valence-electron chi connectivity index (χ0n) is 19.9. The number of nitrogens with one attached hydrogen (secondary N) is 1. The Kier molecular flexibility index (Phi) is 5.92. The molecule has 2 saturated carbocycles. The maximum atomic E-state index is 12.2. The largest absolute Gasteiger partial charge is 0.458 e. The number of aliphatic hydroxyl groups is 1. The summed E-state index contributed by atoms with van der Waals surface area (Å²) in [6.45, 7) is 8.69. The molecule has 5 nitrogen and oxygen atoms in total. The van der Waals surface area contributed by atoms with Crippen molar-refractivity contribution in [3.8, 4) is 0 Å². The van der Waals surface area contributed by atoms with Crippen molar-refractivity contribution in [1.82, 2.24) is 5.32 Å². The molecule has 3 fully saturated rings. The fourth-order valence-electron chi connectivity index (χ4n) is 7.74. The van der Waals surface area contributed by atoms with E-state index in [1.165, 1.54) is 0 Å². The lowest BCUT2D eigenvalue weighted by atomic mass is 9.44. The molecule has 0 bridgehead atoms. The van der Waals surface area contributed by atoms with Crippen LogP contribution >= 0.6 is 11.6 Å². The number of cyclic esters (lactones) is 1. The van der Waals surface area contributed by atoms with Gasteiger partial charge in [-0.1, -0.05) is 43.6 Å². The van der Waals surface area contributed by atoms with Crippen LogP contribution in [-0.4, -0.2) is 42.0 Å². The molecule has 0 unspecified atom stereocenters. The molecule has 1 aromatic rings. The summed E-state index contributed by atoms with van der Waals surface area (Å²) in [6, 6.07) is 7.91. The molecule has 2 aliphatic carbocycles. The van der Waals surface area contributed by atoms with Gasteiger partial charge in [0, 0.05) is 23.5 Å². The van der Waals surface area contributed by atoms with E-state index >= 15 is 0 Å². The van der Waals surface area contributed by atoms with E-state index in [2.05, 4.69) is 26.1 Å². The molecule has 0 radical (unpaired) electrons. The first-order chi connectivity index (χ1) is 15.7. The molecule has 0 spiro atoms. The minimum atomic E-state index is -0.343. The molecule has 4 aliphatic rings. The Morgan fingerprint density at radius 2 is 1.94 bits per heavy atom. The van der Waals surface area contributed by atoms with Crippen LogP contribution in [0.3, 0.4) is 0 Å². The molecule has 6 heteroatoms. The Hall–Kier alpha value is -1.40. The van der Waals surface area contributed by atoms with E-state index in [1.54, 1.807) is 0 Å². The quantitative estimate of drug-likeness (QED) is 0.609. The lowest BCUT2D eigenvalue weighted by Crippen LogP contribution is -2.62. The average Bonchev–Trinajstić information content (AvgIpc) is 3.36. The number of carbonyl (C=O) groups is 1. The fourth-order valence-corrected chi connectivity index (χ4v) is 7.94. The molecule has 2 N–H and O–H groups in total. The van der Waals surface area contributed by atoms with E-state index < -0.39 is 0 Å². The summed E-state index contributed by atoms with van der Waals surface area (Å²) in [5, 5.41) is 15.6. The molecule has 1 aromatic carbocycles. The second-order valence-corrected chi connectivity index (χ2v) is 11.7. The summed E-state index contributed by atoms with van der Waals surface area (Å²) in [4.78, 5) is 12.2. The maximum Gasteiger partial charge on any atom is 0.336 e. The van der Waals surface area contributed by atoms with Crippen LogP contribution in [0.15, 0.2) is 35.9 Å². The van der Waals surface area contributed by atoms with Crippen LogP contribution in [0, 0.1) is 22.7 Å². The van der Waals surface area contributed by atoms with Gasteiger partial charge >= 0.3 is 5.97 Å². The van der Waals surface area contributed by atoms with Crippen molar-refractivity contribution in [2.75, 3.05) is 13.2 Å². The van der Waals surface area contributed by atoms with Crippen LogP contribution in [0.4, 0.5) is 0 Å². The number of halogens is 1. The zero-order valence-corrected chi connectivity index (χ0v) is 20.7. The molecule has 0 amide bonds. The third-order valence-corrected chi connectivity index (χ3v) is 9.88. The number of carbonyl (C=O) groups excluding carboxylic acids is 1. The maximum absolute atomic E-state index is 12.2. The van der Waals surface area contributed by atoms with Crippen LogP contribution in [0.5, 0.6) is 0 Å². The van der Waals surface area contributed by atoms with E-state index in [0.29, 0.717) is 30.6 Å². The van der Waals surface area contributed by atoms with Gasteiger partial charge in [-0.3, -0.25) is 0 Å². The SMILES string of the molecule is C[C@]1(CNCc2ccccc2Cl)[C@H]2CC[C@@]3(C)O[C@H](C4=CCOC4=O)C[C@H]3[C@]2(C)CC[C@H]1O. The third-order valence-electron chi connectivity index (χ3n) is 9.51.